The lowest BCUT2D eigenvalue weighted by molar-refractivity contribution is -0.394. The van der Waals surface area contributed by atoms with Gasteiger partial charge in [-0.25, -0.2) is 0 Å². The molecule has 0 saturated carbocycles. The van der Waals surface area contributed by atoms with Crippen LogP contribution in [0.3, 0.4) is 0 Å². The third-order valence-electron chi connectivity index (χ3n) is 2.17. The number of benzene rings is 1. The predicted octanol–water partition coefficient (Wildman–Crippen LogP) is 1.44. The minimum Gasteiger partial charge on any atom is -0.481 e. The molecule has 0 saturated heterocycles. The maximum atomic E-state index is 10.7. The van der Waals surface area contributed by atoms with Crippen molar-refractivity contribution < 1.29 is 19.7 Å². The van der Waals surface area contributed by atoms with Gasteiger partial charge in [-0.05, 0) is 12.5 Å². The van der Waals surface area contributed by atoms with Crippen LogP contribution in [0.15, 0.2) is 12.1 Å². The number of hydrogen-bond donors (Lipinski definition) is 1. The minimum atomic E-state index is -1.23. The van der Waals surface area contributed by atoms with Gasteiger partial charge in [0.15, 0.2) is 0 Å². The van der Waals surface area contributed by atoms with Crippen LogP contribution >= 0.6 is 0 Å². The fourth-order valence-corrected chi connectivity index (χ4v) is 1.43. The van der Waals surface area contributed by atoms with Crippen molar-refractivity contribution >= 4 is 17.3 Å². The number of carboxylic acid groups (broad SMARTS) is 1. The Bertz CT molecular complexity index is 510. The van der Waals surface area contributed by atoms with E-state index in [2.05, 4.69) is 0 Å². The molecule has 0 aliphatic rings. The van der Waals surface area contributed by atoms with E-state index < -0.39 is 33.6 Å². The SMILES string of the molecule is Cc1cc([N+](=O)[O-])cc([N+](=O)[O-])c1CC(=O)O. The summed E-state index contributed by atoms with van der Waals surface area (Å²) in [6.45, 7) is 1.40. The zero-order valence-corrected chi connectivity index (χ0v) is 8.74. The number of nitro groups is 2. The molecule has 0 fully saturated rings. The average molecular weight is 240 g/mol. The standard InChI is InChI=1S/C9H8N2O6/c1-5-2-6(10(14)15)3-8(11(16)17)7(5)4-9(12)13/h2-3H,4H2,1H3,(H,12,13). The highest BCUT2D eigenvalue weighted by Crippen LogP contribution is 2.28. The number of rotatable bonds is 4. The van der Waals surface area contributed by atoms with Gasteiger partial charge in [0.2, 0.25) is 0 Å². The molecule has 17 heavy (non-hydrogen) atoms. The van der Waals surface area contributed by atoms with Gasteiger partial charge in [-0.3, -0.25) is 25.0 Å². The Morgan fingerprint density at radius 2 is 1.88 bits per heavy atom. The predicted molar refractivity (Wildman–Crippen MR) is 55.8 cm³/mol. The van der Waals surface area contributed by atoms with E-state index >= 15 is 0 Å². The first-order valence-corrected chi connectivity index (χ1v) is 4.47. The molecule has 90 valence electrons. The molecule has 0 amide bonds. The molecule has 0 aliphatic carbocycles. The zero-order valence-electron chi connectivity index (χ0n) is 8.74. The van der Waals surface area contributed by atoms with Crippen molar-refractivity contribution in [1.29, 1.82) is 0 Å². The summed E-state index contributed by atoms with van der Waals surface area (Å²) in [5.41, 5.74) is -0.774. The van der Waals surface area contributed by atoms with E-state index in [0.29, 0.717) is 0 Å². The van der Waals surface area contributed by atoms with E-state index in [1.54, 1.807) is 0 Å². The van der Waals surface area contributed by atoms with E-state index in [0.717, 1.165) is 12.1 Å². The third-order valence-corrected chi connectivity index (χ3v) is 2.17. The van der Waals surface area contributed by atoms with Crippen molar-refractivity contribution in [3.63, 3.8) is 0 Å². The van der Waals surface area contributed by atoms with Gasteiger partial charge in [-0.2, -0.15) is 0 Å². The lowest BCUT2D eigenvalue weighted by Gasteiger charge is -2.04. The number of nitrogens with zero attached hydrogens (tertiary/aromatic N) is 2. The second-order valence-electron chi connectivity index (χ2n) is 3.35. The molecule has 0 aliphatic heterocycles. The molecule has 0 bridgehead atoms. The lowest BCUT2D eigenvalue weighted by atomic mass is 10.0. The van der Waals surface area contributed by atoms with Crippen LogP contribution in [0.1, 0.15) is 11.1 Å². The van der Waals surface area contributed by atoms with Gasteiger partial charge in [0.25, 0.3) is 11.4 Å². The molecule has 0 aromatic heterocycles. The van der Waals surface area contributed by atoms with E-state index in [4.69, 9.17) is 5.11 Å². The summed E-state index contributed by atoms with van der Waals surface area (Å²) in [5.74, 6) is -1.23. The van der Waals surface area contributed by atoms with Crippen LogP contribution in [-0.4, -0.2) is 20.9 Å². The van der Waals surface area contributed by atoms with Gasteiger partial charge in [0.1, 0.15) is 0 Å². The molecule has 1 rings (SSSR count). The van der Waals surface area contributed by atoms with Gasteiger partial charge in [-0.1, -0.05) is 0 Å². The monoisotopic (exact) mass is 240 g/mol. The van der Waals surface area contributed by atoms with Crippen LogP contribution in [-0.2, 0) is 11.2 Å². The maximum Gasteiger partial charge on any atom is 0.308 e. The van der Waals surface area contributed by atoms with Crippen LogP contribution in [0, 0.1) is 27.2 Å². The van der Waals surface area contributed by atoms with Crippen LogP contribution < -0.4 is 0 Å². The summed E-state index contributed by atoms with van der Waals surface area (Å²) in [6.07, 6.45) is -0.542. The molecular weight excluding hydrogens is 232 g/mol. The van der Waals surface area contributed by atoms with Gasteiger partial charge >= 0.3 is 5.97 Å². The van der Waals surface area contributed by atoms with Crippen molar-refractivity contribution in [1.82, 2.24) is 0 Å². The second kappa shape index (κ2) is 4.56. The number of nitro benzene ring substituents is 2. The molecule has 0 radical (unpaired) electrons. The van der Waals surface area contributed by atoms with Gasteiger partial charge < -0.3 is 5.11 Å². The Hall–Kier alpha value is -2.51. The van der Waals surface area contributed by atoms with Gasteiger partial charge in [0, 0.05) is 11.6 Å². The largest absolute Gasteiger partial charge is 0.481 e. The fraction of sp³-hybridized carbons (Fsp3) is 0.222. The highest BCUT2D eigenvalue weighted by Gasteiger charge is 2.23. The van der Waals surface area contributed by atoms with Crippen molar-refractivity contribution in [2.45, 2.75) is 13.3 Å². The molecule has 1 aromatic carbocycles. The van der Waals surface area contributed by atoms with Crippen molar-refractivity contribution in [3.05, 3.63) is 43.5 Å². The van der Waals surface area contributed by atoms with Gasteiger partial charge in [0.05, 0.1) is 22.3 Å². The zero-order chi connectivity index (χ0) is 13.2. The summed E-state index contributed by atoms with van der Waals surface area (Å²) < 4.78 is 0. The Morgan fingerprint density at radius 1 is 1.29 bits per heavy atom. The molecule has 0 heterocycles. The van der Waals surface area contributed by atoms with E-state index in [-0.39, 0.29) is 11.1 Å². The quantitative estimate of drug-likeness (QED) is 0.627. The Labute approximate surface area is 94.8 Å². The van der Waals surface area contributed by atoms with E-state index in [9.17, 15) is 25.0 Å². The second-order valence-corrected chi connectivity index (χ2v) is 3.35. The molecule has 1 N–H and O–H groups in total. The van der Waals surface area contributed by atoms with Crippen LogP contribution in [0.25, 0.3) is 0 Å². The van der Waals surface area contributed by atoms with Crippen molar-refractivity contribution in [3.8, 4) is 0 Å². The number of carboxylic acids is 1. The summed E-state index contributed by atoms with van der Waals surface area (Å²) in [5, 5.41) is 29.9. The fourth-order valence-electron chi connectivity index (χ4n) is 1.43. The molecular formula is C9H8N2O6. The number of carbonyl (C=O) groups is 1. The Morgan fingerprint density at radius 3 is 2.29 bits per heavy atom. The molecule has 8 nitrogen and oxygen atoms in total. The summed E-state index contributed by atoms with van der Waals surface area (Å²) in [4.78, 5) is 30.2. The minimum absolute atomic E-state index is 0.0203. The molecule has 0 spiro atoms. The summed E-state index contributed by atoms with van der Waals surface area (Å²) in [7, 11) is 0. The van der Waals surface area contributed by atoms with Crippen LogP contribution in [0.2, 0.25) is 0 Å². The normalized spacial score (nSPS) is 9.94. The Balaban J connectivity index is 3.43. The first-order valence-electron chi connectivity index (χ1n) is 4.47. The van der Waals surface area contributed by atoms with Crippen molar-refractivity contribution in [2.75, 3.05) is 0 Å². The number of aliphatic carboxylic acids is 1. The van der Waals surface area contributed by atoms with E-state index in [1.807, 2.05) is 0 Å². The molecule has 0 atom stereocenters. The topological polar surface area (TPSA) is 124 Å². The summed E-state index contributed by atoms with van der Waals surface area (Å²) in [6, 6.07) is 1.89. The van der Waals surface area contributed by atoms with E-state index in [1.165, 1.54) is 6.92 Å². The highest BCUT2D eigenvalue weighted by atomic mass is 16.6. The number of hydrogen-bond acceptors (Lipinski definition) is 5. The third kappa shape index (κ3) is 2.74. The first kappa shape index (κ1) is 12.6. The number of aryl methyl sites for hydroxylation is 1. The average Bonchev–Trinajstić information content (AvgIpc) is 2.19. The van der Waals surface area contributed by atoms with Crippen LogP contribution in [0.4, 0.5) is 11.4 Å². The van der Waals surface area contributed by atoms with Crippen molar-refractivity contribution in [2.24, 2.45) is 0 Å². The summed E-state index contributed by atoms with van der Waals surface area (Å²) >= 11 is 0. The highest BCUT2D eigenvalue weighted by molar-refractivity contribution is 5.73. The first-order chi connectivity index (χ1) is 7.82. The molecule has 0 unspecified atom stereocenters. The molecule has 1 aromatic rings. The van der Waals surface area contributed by atoms with Gasteiger partial charge in [-0.15, -0.1) is 0 Å². The number of non-ortho nitro benzene ring substituents is 1. The lowest BCUT2D eigenvalue weighted by Crippen LogP contribution is -2.06. The Kier molecular flexibility index (Phi) is 3.37. The molecule has 8 heteroatoms. The van der Waals surface area contributed by atoms with Crippen LogP contribution in [0.5, 0.6) is 0 Å². The smallest absolute Gasteiger partial charge is 0.308 e. The maximum absolute atomic E-state index is 10.7.